The van der Waals surface area contributed by atoms with Gasteiger partial charge in [-0.25, -0.2) is 0 Å². The number of aliphatic carboxylic acids is 1. The average molecular weight is 169 g/mol. The summed E-state index contributed by atoms with van der Waals surface area (Å²) in [4.78, 5) is 16.8. The van der Waals surface area contributed by atoms with Gasteiger partial charge in [-0.2, -0.15) is 0 Å². The summed E-state index contributed by atoms with van der Waals surface area (Å²) in [6.07, 6.45) is 0. The Morgan fingerprint density at radius 2 is 2.00 bits per heavy atom. The quantitative estimate of drug-likeness (QED) is 0.596. The highest BCUT2D eigenvalue weighted by molar-refractivity contribution is 7.32. The summed E-state index contributed by atoms with van der Waals surface area (Å²) < 4.78 is 13.6. The first-order chi connectivity index (χ1) is 4.50. The van der Waals surface area contributed by atoms with E-state index in [4.69, 9.17) is 14.8 Å². The lowest BCUT2D eigenvalue weighted by atomic mass is 10.9. The fourth-order valence-electron chi connectivity index (χ4n) is 0.110. The van der Waals surface area contributed by atoms with Crippen molar-refractivity contribution in [1.82, 2.24) is 0 Å². The zero-order valence-electron chi connectivity index (χ0n) is 5.77. The van der Waals surface area contributed by atoms with Crippen LogP contribution in [0.25, 0.3) is 0 Å². The lowest BCUT2D eigenvalue weighted by Crippen LogP contribution is -1.78. The summed E-state index contributed by atoms with van der Waals surface area (Å²) in [5.74, 6) is -0.833. The van der Waals surface area contributed by atoms with Crippen LogP contribution in [-0.2, 0) is 13.9 Å². The minimum absolute atomic E-state index is 0.297. The molecule has 0 spiro atoms. The number of hydrogen-bond acceptors (Lipinski definition) is 3. The van der Waals surface area contributed by atoms with E-state index in [1.807, 2.05) is 0 Å². The molecule has 0 aliphatic carbocycles. The predicted molar refractivity (Wildman–Crippen MR) is 34.8 cm³/mol. The molecule has 0 radical (unpaired) electrons. The van der Waals surface area contributed by atoms with Crippen LogP contribution in [0, 0.1) is 0 Å². The molecule has 5 nitrogen and oxygen atoms in total. The molecular formula is C4H10O5P+. The summed E-state index contributed by atoms with van der Waals surface area (Å²) in [6, 6.07) is 0. The second-order valence-electron chi connectivity index (χ2n) is 1.17. The number of rotatable bonds is 2. The van der Waals surface area contributed by atoms with E-state index < -0.39 is 14.2 Å². The Morgan fingerprint density at radius 1 is 1.70 bits per heavy atom. The molecular weight excluding hydrogens is 159 g/mol. The highest BCUT2D eigenvalue weighted by Crippen LogP contribution is 2.12. The molecule has 0 bridgehead atoms. The van der Waals surface area contributed by atoms with Crippen molar-refractivity contribution < 1.29 is 23.9 Å². The third-order valence-electron chi connectivity index (χ3n) is 0.240. The molecule has 0 fully saturated rings. The Kier molecular flexibility index (Phi) is 10.4. The van der Waals surface area contributed by atoms with Gasteiger partial charge in [-0.15, -0.1) is 9.42 Å². The van der Waals surface area contributed by atoms with Crippen molar-refractivity contribution >= 4 is 14.2 Å². The van der Waals surface area contributed by atoms with Gasteiger partial charge in [-0.1, -0.05) is 0 Å². The molecule has 0 aromatic rings. The summed E-state index contributed by atoms with van der Waals surface area (Å²) in [5.41, 5.74) is 0. The molecule has 1 unspecified atom stereocenters. The van der Waals surface area contributed by atoms with Gasteiger partial charge in [0.15, 0.2) is 0 Å². The lowest BCUT2D eigenvalue weighted by molar-refractivity contribution is -0.134. The number of carboxylic acid groups (broad SMARTS) is 1. The van der Waals surface area contributed by atoms with Gasteiger partial charge >= 0.3 is 8.25 Å². The van der Waals surface area contributed by atoms with Crippen LogP contribution >= 0.6 is 8.25 Å². The molecule has 0 aromatic heterocycles. The molecule has 2 N–H and O–H groups in total. The Balaban J connectivity index is 0. The van der Waals surface area contributed by atoms with E-state index in [9.17, 15) is 4.57 Å². The van der Waals surface area contributed by atoms with Gasteiger partial charge in [0.2, 0.25) is 0 Å². The smallest absolute Gasteiger partial charge is 0.481 e. The van der Waals surface area contributed by atoms with E-state index in [1.165, 1.54) is 0 Å². The van der Waals surface area contributed by atoms with Gasteiger partial charge < -0.3 is 5.11 Å². The second-order valence-corrected chi connectivity index (χ2v) is 1.91. The number of carboxylic acids is 1. The molecule has 1 atom stereocenters. The number of carbonyl (C=O) groups is 1. The molecule has 0 saturated heterocycles. The summed E-state index contributed by atoms with van der Waals surface area (Å²) in [6.45, 7) is 3.04. The Morgan fingerprint density at radius 3 is 2.00 bits per heavy atom. The number of hydrogen-bond donors (Lipinski definition) is 2. The minimum atomic E-state index is -2.35. The lowest BCUT2D eigenvalue weighted by Gasteiger charge is -1.68. The SMILES string of the molecule is CC(=O)O.CCO[P+](=O)O. The summed E-state index contributed by atoms with van der Waals surface area (Å²) >= 11 is 0. The van der Waals surface area contributed by atoms with Gasteiger partial charge in [0, 0.05) is 11.5 Å². The fourth-order valence-corrected chi connectivity index (χ4v) is 0.331. The van der Waals surface area contributed by atoms with E-state index in [1.54, 1.807) is 6.92 Å². The Labute approximate surface area is 59.6 Å². The van der Waals surface area contributed by atoms with Crippen molar-refractivity contribution in [3.05, 3.63) is 0 Å². The third kappa shape index (κ3) is 50.9. The van der Waals surface area contributed by atoms with Gasteiger partial charge in [0.25, 0.3) is 5.97 Å². The van der Waals surface area contributed by atoms with Crippen LogP contribution in [0.1, 0.15) is 13.8 Å². The summed E-state index contributed by atoms with van der Waals surface area (Å²) in [5, 5.41) is 7.42. The van der Waals surface area contributed by atoms with Gasteiger partial charge in [0.05, 0.1) is 0 Å². The maximum absolute atomic E-state index is 9.53. The van der Waals surface area contributed by atoms with E-state index in [-0.39, 0.29) is 0 Å². The van der Waals surface area contributed by atoms with Crippen LogP contribution < -0.4 is 0 Å². The van der Waals surface area contributed by atoms with Crippen molar-refractivity contribution in [3.63, 3.8) is 0 Å². The average Bonchev–Trinajstić information content (AvgIpc) is 1.62. The maximum Gasteiger partial charge on any atom is 0.694 e. The highest BCUT2D eigenvalue weighted by atomic mass is 31.1. The van der Waals surface area contributed by atoms with Crippen LogP contribution in [0.4, 0.5) is 0 Å². The first-order valence-corrected chi connectivity index (χ1v) is 3.62. The molecule has 0 aromatic carbocycles. The predicted octanol–water partition coefficient (Wildman–Crippen LogP) is 0.763. The third-order valence-corrected chi connectivity index (χ3v) is 0.719. The van der Waals surface area contributed by atoms with E-state index in [2.05, 4.69) is 4.52 Å². The molecule has 10 heavy (non-hydrogen) atoms. The van der Waals surface area contributed by atoms with Crippen molar-refractivity contribution in [2.45, 2.75) is 13.8 Å². The molecule has 60 valence electrons. The standard InChI is InChI=1S/C2H5O3P.C2H4O2/c1-2-5-6(3)4;1-2(3)4/h2H2,1H3;1H3,(H,3,4)/p+1. The van der Waals surface area contributed by atoms with Crippen LogP contribution in [-0.4, -0.2) is 22.6 Å². The first-order valence-electron chi connectivity index (χ1n) is 2.49. The molecule has 0 aliphatic rings. The van der Waals surface area contributed by atoms with Gasteiger partial charge in [-0.3, -0.25) is 4.79 Å². The molecule has 0 aliphatic heterocycles. The summed E-state index contributed by atoms with van der Waals surface area (Å²) in [7, 11) is -2.35. The fraction of sp³-hybridized carbons (Fsp3) is 0.750. The van der Waals surface area contributed by atoms with Crippen molar-refractivity contribution in [2.24, 2.45) is 0 Å². The van der Waals surface area contributed by atoms with Gasteiger partial charge in [-0.05, 0) is 6.92 Å². The normalized spacial score (nSPS) is 9.30. The molecule has 0 rings (SSSR count). The first kappa shape index (κ1) is 12.2. The van der Waals surface area contributed by atoms with Gasteiger partial charge in [0.1, 0.15) is 6.61 Å². The molecule has 0 amide bonds. The zero-order chi connectivity index (χ0) is 8.57. The second kappa shape index (κ2) is 8.49. The monoisotopic (exact) mass is 169 g/mol. The van der Waals surface area contributed by atoms with Crippen LogP contribution in [0.5, 0.6) is 0 Å². The Hall–Kier alpha value is -0.510. The van der Waals surface area contributed by atoms with Crippen molar-refractivity contribution in [1.29, 1.82) is 0 Å². The minimum Gasteiger partial charge on any atom is -0.481 e. The van der Waals surface area contributed by atoms with Crippen molar-refractivity contribution in [2.75, 3.05) is 6.61 Å². The largest absolute Gasteiger partial charge is 0.694 e. The highest BCUT2D eigenvalue weighted by Gasteiger charge is 2.06. The van der Waals surface area contributed by atoms with E-state index >= 15 is 0 Å². The Bertz CT molecular complexity index is 108. The van der Waals surface area contributed by atoms with Crippen molar-refractivity contribution in [3.8, 4) is 0 Å². The molecule has 0 heterocycles. The molecule has 0 saturated carbocycles. The van der Waals surface area contributed by atoms with Crippen LogP contribution in [0.15, 0.2) is 0 Å². The zero-order valence-corrected chi connectivity index (χ0v) is 6.67. The van der Waals surface area contributed by atoms with E-state index in [0.717, 1.165) is 6.92 Å². The van der Waals surface area contributed by atoms with E-state index in [0.29, 0.717) is 6.61 Å². The van der Waals surface area contributed by atoms with Crippen LogP contribution in [0.3, 0.4) is 0 Å². The molecule has 6 heteroatoms. The topological polar surface area (TPSA) is 83.8 Å². The maximum atomic E-state index is 9.53. The van der Waals surface area contributed by atoms with Crippen LogP contribution in [0.2, 0.25) is 0 Å².